The first-order chi connectivity index (χ1) is 13.4. The maximum absolute atomic E-state index is 12.5. The number of aryl methyl sites for hydroxylation is 1. The lowest BCUT2D eigenvalue weighted by Crippen LogP contribution is -2.27. The Kier molecular flexibility index (Phi) is 7.99. The van der Waals surface area contributed by atoms with Gasteiger partial charge in [-0.15, -0.1) is 0 Å². The van der Waals surface area contributed by atoms with Crippen molar-refractivity contribution in [3.8, 4) is 0 Å². The van der Waals surface area contributed by atoms with Gasteiger partial charge in [-0.25, -0.2) is 4.98 Å². The molecule has 6 nitrogen and oxygen atoms in total. The lowest BCUT2D eigenvalue weighted by Gasteiger charge is -2.25. The molecular weight excluding hydrogens is 350 g/mol. The van der Waals surface area contributed by atoms with E-state index in [1.165, 1.54) is 10.5 Å². The highest BCUT2D eigenvalue weighted by Gasteiger charge is 2.15. The summed E-state index contributed by atoms with van der Waals surface area (Å²) in [6.07, 6.45) is 3.83. The van der Waals surface area contributed by atoms with E-state index in [0.29, 0.717) is 11.5 Å². The van der Waals surface area contributed by atoms with E-state index < -0.39 is 0 Å². The van der Waals surface area contributed by atoms with E-state index in [-0.39, 0.29) is 5.91 Å². The first-order valence-corrected chi connectivity index (χ1v) is 9.79. The first kappa shape index (κ1) is 21.4. The number of hydrogen-bond donors (Lipinski definition) is 1. The standard InChI is InChI=1S/C22H31N5O/c1-6-11-27(12-7-2)19-14-20(22(28)26(4)5)24-21(15-19)25-23-16-18-10-8-9-17(3)13-18/h8-10,13-16H,6-7,11-12H2,1-5H3,(H,24,25)/b23-16+. The topological polar surface area (TPSA) is 60.8 Å². The maximum Gasteiger partial charge on any atom is 0.272 e. The Labute approximate surface area is 168 Å². The van der Waals surface area contributed by atoms with E-state index in [4.69, 9.17) is 0 Å². The minimum atomic E-state index is -0.125. The van der Waals surface area contributed by atoms with Crippen LogP contribution in [0.25, 0.3) is 0 Å². The highest BCUT2D eigenvalue weighted by molar-refractivity contribution is 5.93. The molecule has 0 spiro atoms. The minimum Gasteiger partial charge on any atom is -0.371 e. The third kappa shape index (κ3) is 6.08. The Morgan fingerprint density at radius 2 is 1.86 bits per heavy atom. The van der Waals surface area contributed by atoms with Crippen molar-refractivity contribution in [3.05, 3.63) is 53.2 Å². The van der Waals surface area contributed by atoms with Crippen molar-refractivity contribution in [1.29, 1.82) is 0 Å². The predicted molar refractivity (Wildman–Crippen MR) is 117 cm³/mol. The Balaban J connectivity index is 2.31. The molecular formula is C22H31N5O. The van der Waals surface area contributed by atoms with Crippen molar-refractivity contribution in [2.24, 2.45) is 5.10 Å². The fraction of sp³-hybridized carbons (Fsp3) is 0.409. The second-order valence-corrected chi connectivity index (χ2v) is 7.07. The average Bonchev–Trinajstić information content (AvgIpc) is 2.67. The molecule has 6 heteroatoms. The fourth-order valence-corrected chi connectivity index (χ4v) is 2.93. The van der Waals surface area contributed by atoms with Crippen LogP contribution in [0.3, 0.4) is 0 Å². The highest BCUT2D eigenvalue weighted by atomic mass is 16.2. The molecule has 0 unspecified atom stereocenters. The normalized spacial score (nSPS) is 10.9. The van der Waals surface area contributed by atoms with Gasteiger partial charge in [-0.3, -0.25) is 10.2 Å². The SMILES string of the molecule is CCCN(CCC)c1cc(N/N=C/c2cccc(C)c2)nc(C(=O)N(C)C)c1. The molecule has 0 aliphatic carbocycles. The van der Waals surface area contributed by atoms with Gasteiger partial charge >= 0.3 is 0 Å². The molecule has 2 rings (SSSR count). The van der Waals surface area contributed by atoms with Gasteiger partial charge in [0, 0.05) is 38.9 Å². The van der Waals surface area contributed by atoms with Gasteiger partial charge in [0.2, 0.25) is 0 Å². The van der Waals surface area contributed by atoms with Crippen molar-refractivity contribution >= 4 is 23.6 Å². The lowest BCUT2D eigenvalue weighted by atomic mass is 10.2. The fourth-order valence-electron chi connectivity index (χ4n) is 2.93. The molecule has 1 N–H and O–H groups in total. The van der Waals surface area contributed by atoms with E-state index in [1.54, 1.807) is 20.3 Å². The molecule has 0 atom stereocenters. The quantitative estimate of drug-likeness (QED) is 0.523. The maximum atomic E-state index is 12.5. The Morgan fingerprint density at radius 3 is 2.46 bits per heavy atom. The molecule has 1 aromatic carbocycles. The van der Waals surface area contributed by atoms with Gasteiger partial charge in [0.1, 0.15) is 11.5 Å². The van der Waals surface area contributed by atoms with Gasteiger partial charge < -0.3 is 9.80 Å². The molecule has 1 heterocycles. The third-order valence-electron chi connectivity index (χ3n) is 4.22. The number of hydrogen-bond acceptors (Lipinski definition) is 5. The molecule has 0 aliphatic heterocycles. The molecule has 1 aromatic heterocycles. The number of rotatable bonds is 9. The summed E-state index contributed by atoms with van der Waals surface area (Å²) in [5.74, 6) is 0.435. The van der Waals surface area contributed by atoms with Crippen LogP contribution in [0.2, 0.25) is 0 Å². The van der Waals surface area contributed by atoms with Crippen molar-refractivity contribution in [3.63, 3.8) is 0 Å². The minimum absolute atomic E-state index is 0.125. The largest absolute Gasteiger partial charge is 0.371 e. The Hall–Kier alpha value is -2.89. The van der Waals surface area contributed by atoms with Crippen LogP contribution in [0.5, 0.6) is 0 Å². The van der Waals surface area contributed by atoms with Crippen LogP contribution >= 0.6 is 0 Å². The molecule has 1 amide bonds. The molecule has 150 valence electrons. The second-order valence-electron chi connectivity index (χ2n) is 7.07. The number of pyridine rings is 1. The summed E-state index contributed by atoms with van der Waals surface area (Å²) in [4.78, 5) is 20.8. The van der Waals surface area contributed by atoms with Crippen LogP contribution in [-0.4, -0.2) is 49.2 Å². The molecule has 0 saturated carbocycles. The van der Waals surface area contributed by atoms with Gasteiger partial charge in [0.25, 0.3) is 5.91 Å². The number of nitrogens with zero attached hydrogens (tertiary/aromatic N) is 4. The summed E-state index contributed by atoms with van der Waals surface area (Å²) in [5.41, 5.74) is 6.57. The summed E-state index contributed by atoms with van der Waals surface area (Å²) < 4.78 is 0. The molecule has 0 bridgehead atoms. The zero-order chi connectivity index (χ0) is 20.5. The van der Waals surface area contributed by atoms with Gasteiger partial charge in [-0.05, 0) is 31.4 Å². The van der Waals surface area contributed by atoms with Crippen molar-refractivity contribution in [2.75, 3.05) is 37.5 Å². The molecule has 0 saturated heterocycles. The van der Waals surface area contributed by atoms with Crippen LogP contribution in [0, 0.1) is 6.92 Å². The van der Waals surface area contributed by atoms with E-state index in [0.717, 1.165) is 37.2 Å². The number of carbonyl (C=O) groups is 1. The van der Waals surface area contributed by atoms with Crippen LogP contribution in [0.4, 0.5) is 11.5 Å². The first-order valence-electron chi connectivity index (χ1n) is 9.79. The van der Waals surface area contributed by atoms with Gasteiger partial charge in [-0.2, -0.15) is 5.10 Å². The van der Waals surface area contributed by atoms with Gasteiger partial charge in [0.15, 0.2) is 0 Å². The molecule has 2 aromatic rings. The highest BCUT2D eigenvalue weighted by Crippen LogP contribution is 2.21. The summed E-state index contributed by atoms with van der Waals surface area (Å²) in [6.45, 7) is 8.21. The van der Waals surface area contributed by atoms with Gasteiger partial charge in [-0.1, -0.05) is 43.7 Å². The Bertz CT molecular complexity index is 810. The van der Waals surface area contributed by atoms with Gasteiger partial charge in [0.05, 0.1) is 6.21 Å². The third-order valence-corrected chi connectivity index (χ3v) is 4.22. The van der Waals surface area contributed by atoms with Crippen molar-refractivity contribution in [2.45, 2.75) is 33.6 Å². The zero-order valence-electron chi connectivity index (χ0n) is 17.6. The van der Waals surface area contributed by atoms with Crippen molar-refractivity contribution in [1.82, 2.24) is 9.88 Å². The van der Waals surface area contributed by atoms with E-state index in [2.05, 4.69) is 40.3 Å². The number of carbonyl (C=O) groups excluding carboxylic acids is 1. The van der Waals surface area contributed by atoms with Crippen LogP contribution < -0.4 is 10.3 Å². The summed E-state index contributed by atoms with van der Waals surface area (Å²) in [5, 5.41) is 4.31. The number of benzene rings is 1. The van der Waals surface area contributed by atoms with E-state index in [9.17, 15) is 4.79 Å². The number of hydrazone groups is 1. The summed E-state index contributed by atoms with van der Waals surface area (Å²) in [7, 11) is 3.46. The van der Waals surface area contributed by atoms with E-state index in [1.807, 2.05) is 37.3 Å². The van der Waals surface area contributed by atoms with Crippen LogP contribution in [0.15, 0.2) is 41.5 Å². The molecule has 0 fully saturated rings. The molecule has 0 radical (unpaired) electrons. The molecule has 0 aliphatic rings. The number of anilines is 2. The predicted octanol–water partition coefficient (Wildman–Crippen LogP) is 4.16. The van der Waals surface area contributed by atoms with Crippen LogP contribution in [0.1, 0.15) is 48.3 Å². The average molecular weight is 382 g/mol. The molecule has 28 heavy (non-hydrogen) atoms. The van der Waals surface area contributed by atoms with Crippen LogP contribution in [-0.2, 0) is 0 Å². The Morgan fingerprint density at radius 1 is 1.14 bits per heavy atom. The number of aromatic nitrogens is 1. The summed E-state index contributed by atoms with van der Waals surface area (Å²) >= 11 is 0. The summed E-state index contributed by atoms with van der Waals surface area (Å²) in [6, 6.07) is 11.9. The van der Waals surface area contributed by atoms with Crippen molar-refractivity contribution < 1.29 is 4.79 Å². The monoisotopic (exact) mass is 381 g/mol. The second kappa shape index (κ2) is 10.4. The number of amides is 1. The smallest absolute Gasteiger partial charge is 0.272 e. The van der Waals surface area contributed by atoms with E-state index >= 15 is 0 Å². The number of nitrogens with one attached hydrogen (secondary N) is 1. The lowest BCUT2D eigenvalue weighted by molar-refractivity contribution is 0.0822. The zero-order valence-corrected chi connectivity index (χ0v) is 17.6.